The lowest BCUT2D eigenvalue weighted by Crippen LogP contribution is -2.58. The van der Waals surface area contributed by atoms with E-state index in [0.29, 0.717) is 24.3 Å². The summed E-state index contributed by atoms with van der Waals surface area (Å²) in [6, 6.07) is 7.76. The van der Waals surface area contributed by atoms with Crippen molar-refractivity contribution in [2.75, 3.05) is 26.7 Å². The van der Waals surface area contributed by atoms with Crippen LogP contribution in [0.1, 0.15) is 76.8 Å². The Morgan fingerprint density at radius 2 is 1.69 bits per heavy atom. The van der Waals surface area contributed by atoms with Gasteiger partial charge in [0.15, 0.2) is 0 Å². The van der Waals surface area contributed by atoms with Gasteiger partial charge in [-0.05, 0) is 106 Å². The number of hydrogen-bond acceptors (Lipinski definition) is 4. The first-order valence-corrected chi connectivity index (χ1v) is 13.8. The Balaban J connectivity index is 1.26. The lowest BCUT2D eigenvalue weighted by Gasteiger charge is -2.55. The number of benzene rings is 1. The summed E-state index contributed by atoms with van der Waals surface area (Å²) in [6.07, 6.45) is 9.35. The van der Waals surface area contributed by atoms with E-state index in [2.05, 4.69) is 27.7 Å². The van der Waals surface area contributed by atoms with E-state index in [0.717, 1.165) is 43.7 Å². The lowest BCUT2D eigenvalue weighted by atomic mass is 9.49. The molecular weight excluding hydrogens is 438 g/mol. The average molecular weight is 482 g/mol. The number of carbonyl (C=O) groups excluding carboxylic acids is 2. The predicted octanol–water partition coefficient (Wildman–Crippen LogP) is 4.31. The van der Waals surface area contributed by atoms with Crippen LogP contribution in [0.2, 0.25) is 0 Å². The Morgan fingerprint density at radius 3 is 2.26 bits per heavy atom. The minimum atomic E-state index is -0.500. The summed E-state index contributed by atoms with van der Waals surface area (Å²) in [4.78, 5) is 29.5. The van der Waals surface area contributed by atoms with Gasteiger partial charge in [-0.3, -0.25) is 14.5 Å². The molecule has 0 aromatic heterocycles. The number of likely N-dealkylation sites (tertiary alicyclic amines) is 1. The van der Waals surface area contributed by atoms with Gasteiger partial charge < -0.3 is 15.4 Å². The van der Waals surface area contributed by atoms with Gasteiger partial charge >= 0.3 is 0 Å². The summed E-state index contributed by atoms with van der Waals surface area (Å²) in [5, 5.41) is 6.46. The van der Waals surface area contributed by atoms with Crippen molar-refractivity contribution in [3.8, 4) is 5.75 Å². The number of hydrogen-bond donors (Lipinski definition) is 2. The van der Waals surface area contributed by atoms with Crippen molar-refractivity contribution in [3.05, 3.63) is 29.8 Å². The van der Waals surface area contributed by atoms with Gasteiger partial charge in [-0.25, -0.2) is 0 Å². The van der Waals surface area contributed by atoms with Gasteiger partial charge in [-0.15, -0.1) is 0 Å². The molecule has 192 valence electrons. The molecule has 2 N–H and O–H groups in total. The number of nitrogens with one attached hydrogen (secondary N) is 2. The summed E-state index contributed by atoms with van der Waals surface area (Å²) >= 11 is 0. The number of methoxy groups -OCH3 is 1. The molecule has 1 aliphatic heterocycles. The van der Waals surface area contributed by atoms with E-state index >= 15 is 0 Å². The highest BCUT2D eigenvalue weighted by molar-refractivity contribution is 5.90. The van der Waals surface area contributed by atoms with Crippen LogP contribution in [0.25, 0.3) is 0 Å². The lowest BCUT2D eigenvalue weighted by molar-refractivity contribution is -0.149. The van der Waals surface area contributed by atoms with E-state index < -0.39 is 6.04 Å². The van der Waals surface area contributed by atoms with Gasteiger partial charge in [0.25, 0.3) is 0 Å². The SMILES string of the molecule is COc1cccc([C@H](CNC(=O)[C@H](NC(=O)C23CC4CC(CC(C4)C2)C3)C(C)C)N2CCCC2)c1. The molecule has 5 aliphatic rings. The van der Waals surface area contributed by atoms with Crippen molar-refractivity contribution in [2.24, 2.45) is 29.1 Å². The third-order valence-corrected chi connectivity index (χ3v) is 9.29. The van der Waals surface area contributed by atoms with Crippen LogP contribution in [-0.2, 0) is 9.59 Å². The van der Waals surface area contributed by atoms with Crippen molar-refractivity contribution in [1.82, 2.24) is 15.5 Å². The Morgan fingerprint density at radius 1 is 1.06 bits per heavy atom. The largest absolute Gasteiger partial charge is 0.497 e. The number of ether oxygens (including phenoxy) is 1. The Hall–Kier alpha value is -2.08. The minimum absolute atomic E-state index is 0.0370. The molecule has 2 atom stereocenters. The maximum absolute atomic E-state index is 13.6. The summed E-state index contributed by atoms with van der Waals surface area (Å²) < 4.78 is 5.45. The number of nitrogens with zero attached hydrogens (tertiary/aromatic N) is 1. The van der Waals surface area contributed by atoms with Crippen molar-refractivity contribution in [2.45, 2.75) is 77.3 Å². The van der Waals surface area contributed by atoms with Gasteiger partial charge in [0, 0.05) is 12.0 Å². The van der Waals surface area contributed by atoms with Crippen molar-refractivity contribution in [3.63, 3.8) is 0 Å². The zero-order chi connectivity index (χ0) is 24.6. The molecule has 4 bridgehead atoms. The van der Waals surface area contributed by atoms with Gasteiger partial charge in [-0.1, -0.05) is 26.0 Å². The first kappa shape index (κ1) is 24.6. The molecule has 0 radical (unpaired) electrons. The highest BCUT2D eigenvalue weighted by atomic mass is 16.5. The molecule has 1 saturated heterocycles. The maximum Gasteiger partial charge on any atom is 0.242 e. The van der Waals surface area contributed by atoms with Crippen LogP contribution in [0.15, 0.2) is 24.3 Å². The van der Waals surface area contributed by atoms with Gasteiger partial charge in [0.1, 0.15) is 11.8 Å². The van der Waals surface area contributed by atoms with E-state index in [-0.39, 0.29) is 29.2 Å². The molecule has 6 heteroatoms. The van der Waals surface area contributed by atoms with Crippen molar-refractivity contribution in [1.29, 1.82) is 0 Å². The standard InChI is InChI=1S/C29H43N3O3/c1-19(2)26(31-28(34)29-15-20-11-21(16-29)13-22(12-20)17-29)27(33)30-18-25(32-9-4-5-10-32)23-7-6-8-24(14-23)35-3/h6-8,14,19-22,25-26H,4-5,9-13,15-18H2,1-3H3,(H,30,33)(H,31,34)/t20?,21?,22?,25-,26+,29?/m0/s1. The summed E-state index contributed by atoms with van der Waals surface area (Å²) in [6.45, 7) is 6.67. The normalized spacial score (nSPS) is 31.4. The summed E-state index contributed by atoms with van der Waals surface area (Å²) in [5.41, 5.74) is 0.922. The smallest absolute Gasteiger partial charge is 0.242 e. The molecule has 4 saturated carbocycles. The molecule has 1 heterocycles. The maximum atomic E-state index is 13.6. The van der Waals surface area contributed by atoms with E-state index in [4.69, 9.17) is 4.74 Å². The number of rotatable bonds is 9. The third kappa shape index (κ3) is 5.09. The molecule has 1 aromatic carbocycles. The van der Waals surface area contributed by atoms with E-state index in [1.807, 2.05) is 26.0 Å². The molecule has 0 unspecified atom stereocenters. The van der Waals surface area contributed by atoms with Crippen molar-refractivity contribution >= 4 is 11.8 Å². The second-order valence-electron chi connectivity index (χ2n) is 12.2. The second-order valence-corrected chi connectivity index (χ2v) is 12.2. The molecule has 2 amide bonds. The van der Waals surface area contributed by atoms with Crippen LogP contribution in [0, 0.1) is 29.1 Å². The van der Waals surface area contributed by atoms with Crippen LogP contribution in [0.4, 0.5) is 0 Å². The Labute approximate surface area is 210 Å². The van der Waals surface area contributed by atoms with Gasteiger partial charge in [0.2, 0.25) is 11.8 Å². The highest BCUT2D eigenvalue weighted by Crippen LogP contribution is 2.60. The zero-order valence-corrected chi connectivity index (χ0v) is 21.7. The minimum Gasteiger partial charge on any atom is -0.497 e. The molecule has 5 fully saturated rings. The fraction of sp³-hybridized carbons (Fsp3) is 0.724. The topological polar surface area (TPSA) is 70.7 Å². The highest BCUT2D eigenvalue weighted by Gasteiger charge is 2.55. The van der Waals surface area contributed by atoms with Crippen LogP contribution >= 0.6 is 0 Å². The first-order valence-electron chi connectivity index (χ1n) is 13.8. The number of amides is 2. The van der Waals surface area contributed by atoms with Gasteiger partial charge in [0.05, 0.1) is 13.2 Å². The molecule has 6 nitrogen and oxygen atoms in total. The molecule has 35 heavy (non-hydrogen) atoms. The fourth-order valence-electron chi connectivity index (χ4n) is 7.89. The monoisotopic (exact) mass is 481 g/mol. The van der Waals surface area contributed by atoms with Crippen LogP contribution in [0.5, 0.6) is 5.75 Å². The van der Waals surface area contributed by atoms with E-state index in [1.54, 1.807) is 7.11 Å². The zero-order valence-electron chi connectivity index (χ0n) is 21.7. The predicted molar refractivity (Wildman–Crippen MR) is 137 cm³/mol. The first-order chi connectivity index (χ1) is 16.9. The molecular formula is C29H43N3O3. The third-order valence-electron chi connectivity index (χ3n) is 9.29. The van der Waals surface area contributed by atoms with E-state index in [1.165, 1.54) is 32.1 Å². The molecule has 1 aromatic rings. The Kier molecular flexibility index (Phi) is 7.11. The molecule has 4 aliphatic carbocycles. The molecule has 0 spiro atoms. The Bertz CT molecular complexity index is 888. The summed E-state index contributed by atoms with van der Waals surface area (Å²) in [5.74, 6) is 3.07. The average Bonchev–Trinajstić information content (AvgIpc) is 3.36. The van der Waals surface area contributed by atoms with E-state index in [9.17, 15) is 9.59 Å². The quantitative estimate of drug-likeness (QED) is 0.552. The van der Waals surface area contributed by atoms with Gasteiger partial charge in [-0.2, -0.15) is 0 Å². The van der Waals surface area contributed by atoms with Crippen molar-refractivity contribution < 1.29 is 14.3 Å². The van der Waals surface area contributed by atoms with Crippen LogP contribution < -0.4 is 15.4 Å². The van der Waals surface area contributed by atoms with Crippen LogP contribution in [-0.4, -0.2) is 49.5 Å². The van der Waals surface area contributed by atoms with Crippen LogP contribution in [0.3, 0.4) is 0 Å². The number of carbonyl (C=O) groups is 2. The second kappa shape index (κ2) is 10.1. The fourth-order valence-corrected chi connectivity index (χ4v) is 7.89. The summed E-state index contributed by atoms with van der Waals surface area (Å²) in [7, 11) is 1.69. The molecule has 6 rings (SSSR count).